The number of carbonyl (C=O) groups is 3. The van der Waals surface area contributed by atoms with Gasteiger partial charge in [-0.25, -0.2) is 4.98 Å². The zero-order chi connectivity index (χ0) is 25.5. The number of rotatable bonds is 8. The van der Waals surface area contributed by atoms with Gasteiger partial charge in [-0.05, 0) is 29.8 Å². The number of halogens is 1. The molecule has 36 heavy (non-hydrogen) atoms. The van der Waals surface area contributed by atoms with Crippen LogP contribution in [-0.4, -0.2) is 22.7 Å². The molecule has 0 saturated carbocycles. The van der Waals surface area contributed by atoms with E-state index >= 15 is 0 Å². The zero-order valence-electron chi connectivity index (χ0n) is 19.3. The lowest BCUT2D eigenvalue weighted by atomic mass is 10.0. The first-order valence-corrected chi connectivity index (χ1v) is 12.4. The highest BCUT2D eigenvalue weighted by Crippen LogP contribution is 2.27. The molecule has 9 heteroatoms. The number of hydrogen-bond acceptors (Lipinski definition) is 5. The van der Waals surface area contributed by atoms with Gasteiger partial charge in [-0.1, -0.05) is 66.2 Å². The van der Waals surface area contributed by atoms with Crippen LogP contribution in [0.3, 0.4) is 0 Å². The summed E-state index contributed by atoms with van der Waals surface area (Å²) in [6.07, 6.45) is 0.0144. The lowest BCUT2D eigenvalue weighted by Gasteiger charge is -2.19. The van der Waals surface area contributed by atoms with Crippen LogP contribution in [-0.2, 0) is 9.59 Å². The molecule has 4 aromatic rings. The Kier molecular flexibility index (Phi) is 8.10. The molecule has 3 N–H and O–H groups in total. The maximum absolute atomic E-state index is 12.9. The average Bonchev–Trinajstić information content (AvgIpc) is 3.32. The number of benzene rings is 3. The summed E-state index contributed by atoms with van der Waals surface area (Å²) in [5.74, 6) is -0.787. The first-order chi connectivity index (χ1) is 17.4. The van der Waals surface area contributed by atoms with Crippen LogP contribution in [0, 0.1) is 0 Å². The van der Waals surface area contributed by atoms with E-state index in [0.29, 0.717) is 27.1 Å². The Morgan fingerprint density at radius 3 is 2.31 bits per heavy atom. The van der Waals surface area contributed by atoms with Gasteiger partial charge in [0.25, 0.3) is 5.91 Å². The summed E-state index contributed by atoms with van der Waals surface area (Å²) in [6.45, 7) is 1.45. The molecule has 3 amide bonds. The largest absolute Gasteiger partial charge is 0.345 e. The minimum Gasteiger partial charge on any atom is -0.345 e. The Morgan fingerprint density at radius 2 is 1.61 bits per heavy atom. The summed E-state index contributed by atoms with van der Waals surface area (Å²) in [7, 11) is 0. The van der Waals surface area contributed by atoms with Crippen LogP contribution in [0.25, 0.3) is 11.3 Å². The topological polar surface area (TPSA) is 100 Å². The Morgan fingerprint density at radius 1 is 0.917 bits per heavy atom. The van der Waals surface area contributed by atoms with E-state index in [-0.39, 0.29) is 24.1 Å². The van der Waals surface area contributed by atoms with Crippen molar-refractivity contribution in [2.45, 2.75) is 19.4 Å². The van der Waals surface area contributed by atoms with Crippen molar-refractivity contribution in [3.63, 3.8) is 0 Å². The van der Waals surface area contributed by atoms with Gasteiger partial charge in [0.05, 0.1) is 28.7 Å². The third kappa shape index (κ3) is 6.56. The molecule has 4 rings (SSSR count). The first-order valence-electron chi connectivity index (χ1n) is 11.1. The van der Waals surface area contributed by atoms with Crippen molar-refractivity contribution in [1.82, 2.24) is 10.3 Å². The molecular formula is C27H23ClN4O3S. The summed E-state index contributed by atoms with van der Waals surface area (Å²) >= 11 is 7.49. The fourth-order valence-corrected chi connectivity index (χ4v) is 4.52. The van der Waals surface area contributed by atoms with E-state index in [2.05, 4.69) is 20.9 Å². The number of nitrogens with zero attached hydrogens (tertiary/aromatic N) is 1. The SMILES string of the molecule is CC(=O)Nc1ccc(-c2csc(NC(=O)CC(NC(=O)c3ccccc3Cl)c3ccccc3)n2)cc1. The van der Waals surface area contributed by atoms with Crippen LogP contribution in [0.5, 0.6) is 0 Å². The van der Waals surface area contributed by atoms with Gasteiger partial charge in [-0.2, -0.15) is 0 Å². The average molecular weight is 519 g/mol. The maximum Gasteiger partial charge on any atom is 0.253 e. The molecule has 1 atom stereocenters. The number of thiazole rings is 1. The predicted octanol–water partition coefficient (Wildman–Crippen LogP) is 5.92. The summed E-state index contributed by atoms with van der Waals surface area (Å²) in [5, 5.41) is 11.1. The highest BCUT2D eigenvalue weighted by molar-refractivity contribution is 7.14. The molecule has 0 aliphatic heterocycles. The van der Waals surface area contributed by atoms with Gasteiger partial charge in [0.2, 0.25) is 11.8 Å². The van der Waals surface area contributed by atoms with Crippen molar-refractivity contribution >= 4 is 51.5 Å². The van der Waals surface area contributed by atoms with Gasteiger partial charge >= 0.3 is 0 Å². The summed E-state index contributed by atoms with van der Waals surface area (Å²) < 4.78 is 0. The Bertz CT molecular complexity index is 1370. The van der Waals surface area contributed by atoms with Crippen molar-refractivity contribution in [1.29, 1.82) is 0 Å². The number of anilines is 2. The molecule has 3 aromatic carbocycles. The second-order valence-electron chi connectivity index (χ2n) is 7.97. The smallest absolute Gasteiger partial charge is 0.253 e. The molecular weight excluding hydrogens is 496 g/mol. The van der Waals surface area contributed by atoms with E-state index in [4.69, 9.17) is 11.6 Å². The van der Waals surface area contributed by atoms with Gasteiger partial charge in [0.1, 0.15) is 0 Å². The summed E-state index contributed by atoms with van der Waals surface area (Å²) in [6, 6.07) is 22.8. The molecule has 0 radical (unpaired) electrons. The maximum atomic E-state index is 12.9. The van der Waals surface area contributed by atoms with Gasteiger partial charge in [-0.3, -0.25) is 14.4 Å². The van der Waals surface area contributed by atoms with Gasteiger partial charge < -0.3 is 16.0 Å². The molecule has 1 unspecified atom stereocenters. The van der Waals surface area contributed by atoms with Crippen molar-refractivity contribution in [3.05, 3.63) is 100 Å². The monoisotopic (exact) mass is 518 g/mol. The highest BCUT2D eigenvalue weighted by atomic mass is 35.5. The molecule has 182 valence electrons. The van der Waals surface area contributed by atoms with E-state index in [0.717, 1.165) is 11.1 Å². The van der Waals surface area contributed by atoms with Gasteiger partial charge in [-0.15, -0.1) is 11.3 Å². The molecule has 0 spiro atoms. The number of carbonyl (C=O) groups excluding carboxylic acids is 3. The quantitative estimate of drug-likeness (QED) is 0.269. The lowest BCUT2D eigenvalue weighted by Crippen LogP contribution is -2.31. The van der Waals surface area contributed by atoms with Gasteiger partial charge in [0.15, 0.2) is 5.13 Å². The molecule has 0 aliphatic rings. The second kappa shape index (κ2) is 11.6. The van der Waals surface area contributed by atoms with Crippen molar-refractivity contribution in [2.75, 3.05) is 10.6 Å². The lowest BCUT2D eigenvalue weighted by molar-refractivity contribution is -0.116. The Balaban J connectivity index is 1.44. The Hall–Kier alpha value is -4.01. The molecule has 1 aromatic heterocycles. The third-order valence-electron chi connectivity index (χ3n) is 5.27. The van der Waals surface area contributed by atoms with Crippen molar-refractivity contribution in [2.24, 2.45) is 0 Å². The van der Waals surface area contributed by atoms with E-state index in [9.17, 15) is 14.4 Å². The molecule has 0 fully saturated rings. The van der Waals surface area contributed by atoms with Crippen molar-refractivity contribution < 1.29 is 14.4 Å². The number of nitrogens with one attached hydrogen (secondary N) is 3. The molecule has 0 bridgehead atoms. The van der Waals surface area contributed by atoms with Crippen LogP contribution in [0.1, 0.15) is 35.3 Å². The van der Waals surface area contributed by atoms with Gasteiger partial charge in [0, 0.05) is 23.6 Å². The number of hydrogen-bond donors (Lipinski definition) is 3. The van der Waals surface area contributed by atoms with Crippen LogP contribution in [0.2, 0.25) is 5.02 Å². The van der Waals surface area contributed by atoms with Crippen LogP contribution < -0.4 is 16.0 Å². The van der Waals surface area contributed by atoms with E-state index in [1.807, 2.05) is 47.8 Å². The standard InChI is InChI=1S/C27H23ClN4O3S/c1-17(33)29-20-13-11-19(12-14-20)24-16-36-27(31-24)32-25(34)15-23(18-7-3-2-4-8-18)30-26(35)21-9-5-6-10-22(21)28/h2-14,16,23H,15H2,1H3,(H,29,33)(H,30,35)(H,31,32,34). The molecule has 7 nitrogen and oxygen atoms in total. The Labute approximate surface area is 217 Å². The van der Waals surface area contributed by atoms with Crippen LogP contribution in [0.15, 0.2) is 84.2 Å². The van der Waals surface area contributed by atoms with E-state index < -0.39 is 6.04 Å². The second-order valence-corrected chi connectivity index (χ2v) is 9.23. The number of amides is 3. The fraction of sp³-hybridized carbons (Fsp3) is 0.111. The molecule has 0 saturated heterocycles. The van der Waals surface area contributed by atoms with Crippen LogP contribution >= 0.6 is 22.9 Å². The minimum absolute atomic E-state index is 0.0144. The summed E-state index contributed by atoms with van der Waals surface area (Å²) in [4.78, 5) is 41.5. The predicted molar refractivity (Wildman–Crippen MR) is 143 cm³/mol. The zero-order valence-corrected chi connectivity index (χ0v) is 20.9. The van der Waals surface area contributed by atoms with Crippen molar-refractivity contribution in [3.8, 4) is 11.3 Å². The molecule has 0 aliphatic carbocycles. The third-order valence-corrected chi connectivity index (χ3v) is 6.35. The number of aromatic nitrogens is 1. The summed E-state index contributed by atoms with van der Waals surface area (Å²) in [5.41, 5.74) is 3.40. The first kappa shape index (κ1) is 25.1. The minimum atomic E-state index is -0.560. The van der Waals surface area contributed by atoms with E-state index in [1.165, 1.54) is 18.3 Å². The normalized spacial score (nSPS) is 11.4. The fourth-order valence-electron chi connectivity index (χ4n) is 3.57. The van der Waals surface area contributed by atoms with Crippen LogP contribution in [0.4, 0.5) is 10.8 Å². The van der Waals surface area contributed by atoms with E-state index in [1.54, 1.807) is 36.4 Å². The molecule has 1 heterocycles. The highest BCUT2D eigenvalue weighted by Gasteiger charge is 2.21.